The first kappa shape index (κ1) is 13.8. The third-order valence-electron chi connectivity index (χ3n) is 2.92. The number of hydrogen-bond donors (Lipinski definition) is 2. The van der Waals surface area contributed by atoms with E-state index in [0.29, 0.717) is 11.6 Å². The number of benzene rings is 1. The highest BCUT2D eigenvalue weighted by atomic mass is 19.1. The van der Waals surface area contributed by atoms with Gasteiger partial charge in [-0.25, -0.2) is 9.37 Å². The third kappa shape index (κ3) is 2.66. The smallest absolute Gasteiger partial charge is 0.248 e. The Morgan fingerprint density at radius 1 is 1.27 bits per heavy atom. The van der Waals surface area contributed by atoms with Crippen LogP contribution >= 0.6 is 0 Å². The predicted octanol–water partition coefficient (Wildman–Crippen LogP) is 2.14. The fourth-order valence-electron chi connectivity index (χ4n) is 1.87. The highest BCUT2D eigenvalue weighted by Crippen LogP contribution is 2.23. The molecule has 8 heteroatoms. The van der Waals surface area contributed by atoms with Crippen LogP contribution in [0.1, 0.15) is 0 Å². The van der Waals surface area contributed by atoms with E-state index in [-0.39, 0.29) is 17.6 Å². The molecule has 0 aliphatic carbocycles. The van der Waals surface area contributed by atoms with Gasteiger partial charge in [-0.3, -0.25) is 0 Å². The van der Waals surface area contributed by atoms with Crippen LogP contribution in [0.5, 0.6) is 5.75 Å². The van der Waals surface area contributed by atoms with Crippen molar-refractivity contribution in [3.8, 4) is 11.6 Å². The highest BCUT2D eigenvalue weighted by Gasteiger charge is 2.11. The first-order valence-corrected chi connectivity index (χ1v) is 6.42. The summed E-state index contributed by atoms with van der Waals surface area (Å²) >= 11 is 0. The Morgan fingerprint density at radius 2 is 2.14 bits per heavy atom. The van der Waals surface area contributed by atoms with Gasteiger partial charge in [-0.2, -0.15) is 9.67 Å². The number of aromatic nitrogens is 4. The summed E-state index contributed by atoms with van der Waals surface area (Å²) in [6, 6.07) is 9.75. The molecule has 2 aromatic heterocycles. The number of nitrogens with two attached hydrogens (primary N) is 1. The number of methoxy groups -OCH3 is 1. The average Bonchev–Trinajstić information content (AvgIpc) is 2.91. The first-order chi connectivity index (χ1) is 10.7. The van der Waals surface area contributed by atoms with Gasteiger partial charge in [0.15, 0.2) is 5.82 Å². The van der Waals surface area contributed by atoms with Crippen molar-refractivity contribution < 1.29 is 9.13 Å². The molecular formula is C14H13FN6O. The number of hydrogen-bond acceptors (Lipinski definition) is 6. The van der Waals surface area contributed by atoms with Gasteiger partial charge in [0, 0.05) is 12.3 Å². The number of pyridine rings is 1. The van der Waals surface area contributed by atoms with E-state index in [9.17, 15) is 4.39 Å². The Morgan fingerprint density at radius 3 is 2.82 bits per heavy atom. The van der Waals surface area contributed by atoms with Gasteiger partial charge in [-0.05, 0) is 24.3 Å². The minimum Gasteiger partial charge on any atom is -0.497 e. The summed E-state index contributed by atoms with van der Waals surface area (Å²) in [5.41, 5.74) is 6.03. The lowest BCUT2D eigenvalue weighted by Gasteiger charge is -2.05. The van der Waals surface area contributed by atoms with Crippen molar-refractivity contribution in [1.82, 2.24) is 19.7 Å². The zero-order chi connectivity index (χ0) is 15.5. The van der Waals surface area contributed by atoms with E-state index in [0.717, 1.165) is 0 Å². The summed E-state index contributed by atoms with van der Waals surface area (Å²) in [5, 5.41) is 6.94. The number of nitrogens with one attached hydrogen (secondary N) is 1. The maximum atomic E-state index is 13.9. The molecule has 0 aliphatic heterocycles. The quantitative estimate of drug-likeness (QED) is 0.767. The van der Waals surface area contributed by atoms with Crippen LogP contribution in [0.3, 0.4) is 0 Å². The topological polar surface area (TPSA) is 90.9 Å². The van der Waals surface area contributed by atoms with Gasteiger partial charge in [0.1, 0.15) is 11.6 Å². The van der Waals surface area contributed by atoms with Crippen molar-refractivity contribution in [2.75, 3.05) is 18.2 Å². The maximum absolute atomic E-state index is 13.9. The van der Waals surface area contributed by atoms with Gasteiger partial charge in [-0.15, -0.1) is 5.10 Å². The van der Waals surface area contributed by atoms with Gasteiger partial charge < -0.3 is 15.8 Å². The fraction of sp³-hybridized carbons (Fsp3) is 0.0714. The fourth-order valence-corrected chi connectivity index (χ4v) is 1.87. The molecule has 1 aromatic carbocycles. The Labute approximate surface area is 125 Å². The van der Waals surface area contributed by atoms with Crippen molar-refractivity contribution >= 4 is 17.6 Å². The second-order valence-electron chi connectivity index (χ2n) is 4.36. The molecule has 0 unspecified atom stereocenters. The number of nitrogens with zero attached hydrogens (tertiary/aromatic N) is 4. The van der Waals surface area contributed by atoms with Gasteiger partial charge in [0.05, 0.1) is 12.8 Å². The summed E-state index contributed by atoms with van der Waals surface area (Å²) in [6.45, 7) is 0. The van der Waals surface area contributed by atoms with Crippen molar-refractivity contribution in [3.05, 3.63) is 48.4 Å². The summed E-state index contributed by atoms with van der Waals surface area (Å²) in [6.07, 6.45) is 1.62. The Hall–Kier alpha value is -3.16. The average molecular weight is 300 g/mol. The van der Waals surface area contributed by atoms with E-state index in [1.54, 1.807) is 30.5 Å². The minimum atomic E-state index is -0.480. The van der Waals surface area contributed by atoms with Gasteiger partial charge >= 0.3 is 0 Å². The molecule has 0 fully saturated rings. The van der Waals surface area contributed by atoms with Crippen LogP contribution in [0, 0.1) is 5.82 Å². The van der Waals surface area contributed by atoms with Crippen LogP contribution in [0.2, 0.25) is 0 Å². The number of rotatable bonds is 4. The SMILES string of the molecule is COc1ccc(Nc2nc(N)n(-c3ccccn3)n2)c(F)c1. The standard InChI is InChI=1S/C14H13FN6O/c1-22-9-5-6-11(10(15)8-9)18-14-19-13(16)21(20-14)12-4-2-3-7-17-12/h2-8H,1H3,(H3,16,18,19,20). The maximum Gasteiger partial charge on any atom is 0.248 e. The molecule has 2 heterocycles. The number of halogens is 1. The van der Waals surface area contributed by atoms with Crippen LogP contribution in [0.25, 0.3) is 5.82 Å². The van der Waals surface area contributed by atoms with Gasteiger partial charge in [0.2, 0.25) is 11.9 Å². The second kappa shape index (κ2) is 5.68. The first-order valence-electron chi connectivity index (χ1n) is 6.42. The Balaban J connectivity index is 1.88. The lowest BCUT2D eigenvalue weighted by atomic mass is 10.3. The lowest BCUT2D eigenvalue weighted by molar-refractivity contribution is 0.411. The molecule has 3 aromatic rings. The highest BCUT2D eigenvalue weighted by molar-refractivity contribution is 5.56. The third-order valence-corrected chi connectivity index (χ3v) is 2.92. The Kier molecular flexibility index (Phi) is 3.57. The molecule has 0 spiro atoms. The van der Waals surface area contributed by atoms with E-state index in [1.165, 1.54) is 23.9 Å². The number of anilines is 3. The summed E-state index contributed by atoms with van der Waals surface area (Å²) in [7, 11) is 1.47. The van der Waals surface area contributed by atoms with E-state index in [2.05, 4.69) is 20.4 Å². The van der Waals surface area contributed by atoms with E-state index >= 15 is 0 Å². The van der Waals surface area contributed by atoms with E-state index < -0.39 is 5.82 Å². The summed E-state index contributed by atoms with van der Waals surface area (Å²) in [5.74, 6) is 0.791. The molecule has 0 radical (unpaired) electrons. The predicted molar refractivity (Wildman–Crippen MR) is 79.8 cm³/mol. The van der Waals surface area contributed by atoms with Gasteiger partial charge in [0.25, 0.3) is 0 Å². The zero-order valence-electron chi connectivity index (χ0n) is 11.7. The van der Waals surface area contributed by atoms with Crippen molar-refractivity contribution in [2.45, 2.75) is 0 Å². The summed E-state index contributed by atoms with van der Waals surface area (Å²) in [4.78, 5) is 8.18. The van der Waals surface area contributed by atoms with Crippen LogP contribution in [-0.2, 0) is 0 Å². The molecule has 0 bridgehead atoms. The molecule has 0 saturated carbocycles. The minimum absolute atomic E-state index is 0.148. The molecule has 0 atom stereocenters. The monoisotopic (exact) mass is 300 g/mol. The molecule has 0 amide bonds. The van der Waals surface area contributed by atoms with Crippen LogP contribution < -0.4 is 15.8 Å². The normalized spacial score (nSPS) is 10.5. The Bertz CT molecular complexity index is 789. The molecule has 3 rings (SSSR count). The second-order valence-corrected chi connectivity index (χ2v) is 4.36. The van der Waals surface area contributed by atoms with E-state index in [4.69, 9.17) is 10.5 Å². The molecule has 0 aliphatic rings. The van der Waals surface area contributed by atoms with Gasteiger partial charge in [-0.1, -0.05) is 6.07 Å². The van der Waals surface area contributed by atoms with Crippen LogP contribution in [-0.4, -0.2) is 26.9 Å². The lowest BCUT2D eigenvalue weighted by Crippen LogP contribution is -2.04. The van der Waals surface area contributed by atoms with Crippen LogP contribution in [0.15, 0.2) is 42.6 Å². The number of nitrogen functional groups attached to an aromatic ring is 1. The van der Waals surface area contributed by atoms with Crippen molar-refractivity contribution in [2.24, 2.45) is 0 Å². The van der Waals surface area contributed by atoms with Crippen molar-refractivity contribution in [1.29, 1.82) is 0 Å². The molecule has 3 N–H and O–H groups in total. The van der Waals surface area contributed by atoms with E-state index in [1.807, 2.05) is 0 Å². The van der Waals surface area contributed by atoms with Crippen LogP contribution in [0.4, 0.5) is 22.0 Å². The molecule has 7 nitrogen and oxygen atoms in total. The largest absolute Gasteiger partial charge is 0.497 e. The molecular weight excluding hydrogens is 287 g/mol. The summed E-state index contributed by atoms with van der Waals surface area (Å²) < 4.78 is 20.2. The molecule has 112 valence electrons. The zero-order valence-corrected chi connectivity index (χ0v) is 11.7. The number of ether oxygens (including phenoxy) is 1. The van der Waals surface area contributed by atoms with Crippen molar-refractivity contribution in [3.63, 3.8) is 0 Å². The molecule has 0 saturated heterocycles. The molecule has 22 heavy (non-hydrogen) atoms.